The van der Waals surface area contributed by atoms with Crippen molar-refractivity contribution in [3.63, 3.8) is 0 Å². The fraction of sp³-hybridized carbons (Fsp3) is 0.333. The van der Waals surface area contributed by atoms with Gasteiger partial charge in [-0.15, -0.1) is 21.5 Å². The first-order valence-corrected chi connectivity index (χ1v) is 11.6. The molecule has 9 heteroatoms. The molecular formula is C21H22N4O3S2. The summed E-state index contributed by atoms with van der Waals surface area (Å²) in [5, 5.41) is 14.5. The number of aromatic nitrogens is 3. The first-order valence-electron chi connectivity index (χ1n) is 9.73. The smallest absolute Gasteiger partial charge is 0.341 e. The highest BCUT2D eigenvalue weighted by Crippen LogP contribution is 2.40. The molecule has 0 unspecified atom stereocenters. The molecule has 1 aliphatic carbocycles. The molecule has 3 aromatic rings. The van der Waals surface area contributed by atoms with E-state index in [9.17, 15) is 9.59 Å². The van der Waals surface area contributed by atoms with Crippen LogP contribution in [0, 0.1) is 0 Å². The van der Waals surface area contributed by atoms with Crippen LogP contribution in [0.2, 0.25) is 0 Å². The highest BCUT2D eigenvalue weighted by atomic mass is 32.2. The monoisotopic (exact) mass is 442 g/mol. The van der Waals surface area contributed by atoms with Gasteiger partial charge in [-0.25, -0.2) is 4.79 Å². The van der Waals surface area contributed by atoms with E-state index in [0.717, 1.165) is 41.5 Å². The van der Waals surface area contributed by atoms with Crippen LogP contribution in [0.25, 0.3) is 11.1 Å². The van der Waals surface area contributed by atoms with Crippen molar-refractivity contribution in [3.05, 3.63) is 47.1 Å². The standard InChI is InChI=1S/C21H22N4O3S2/c1-3-25-18(14-9-10-14)23-24-21(25)30-12-16(26)22-19-17(20(27)28-2)15(11-29-19)13-7-5-4-6-8-13/h4-8,11,14H,3,9-10,12H2,1-2H3,(H,22,26). The normalized spacial score (nSPS) is 13.3. The van der Waals surface area contributed by atoms with E-state index in [2.05, 4.69) is 27.0 Å². The number of carbonyl (C=O) groups is 2. The topological polar surface area (TPSA) is 86.1 Å². The molecule has 0 saturated heterocycles. The second-order valence-electron chi connectivity index (χ2n) is 6.91. The number of esters is 1. The van der Waals surface area contributed by atoms with Crippen LogP contribution < -0.4 is 5.32 Å². The number of hydrogen-bond donors (Lipinski definition) is 1. The average molecular weight is 443 g/mol. The van der Waals surface area contributed by atoms with Crippen molar-refractivity contribution in [2.24, 2.45) is 0 Å². The minimum Gasteiger partial charge on any atom is -0.465 e. The van der Waals surface area contributed by atoms with Crippen molar-refractivity contribution in [1.29, 1.82) is 0 Å². The van der Waals surface area contributed by atoms with Gasteiger partial charge in [-0.1, -0.05) is 42.1 Å². The zero-order valence-corrected chi connectivity index (χ0v) is 18.4. The molecule has 1 amide bonds. The Hall–Kier alpha value is -2.65. The summed E-state index contributed by atoms with van der Waals surface area (Å²) in [7, 11) is 1.34. The Labute approximate surface area is 182 Å². The third kappa shape index (κ3) is 4.27. The van der Waals surface area contributed by atoms with Crippen molar-refractivity contribution in [2.75, 3.05) is 18.2 Å². The number of nitrogens with zero attached hydrogens (tertiary/aromatic N) is 3. The van der Waals surface area contributed by atoms with Gasteiger partial charge in [-0.05, 0) is 25.3 Å². The summed E-state index contributed by atoms with van der Waals surface area (Å²) in [6.07, 6.45) is 2.31. The summed E-state index contributed by atoms with van der Waals surface area (Å²) in [6, 6.07) is 9.57. The minimum atomic E-state index is -0.474. The fourth-order valence-corrected chi connectivity index (χ4v) is 5.01. The molecule has 7 nitrogen and oxygen atoms in total. The van der Waals surface area contributed by atoms with Gasteiger partial charge in [0.05, 0.1) is 12.9 Å². The molecule has 156 valence electrons. The lowest BCUT2D eigenvalue weighted by atomic mass is 10.0. The quantitative estimate of drug-likeness (QED) is 0.410. The lowest BCUT2D eigenvalue weighted by molar-refractivity contribution is -0.113. The molecule has 1 N–H and O–H groups in total. The Morgan fingerprint density at radius 1 is 1.27 bits per heavy atom. The molecular weight excluding hydrogens is 420 g/mol. The second-order valence-corrected chi connectivity index (χ2v) is 8.73. The molecule has 30 heavy (non-hydrogen) atoms. The molecule has 1 aromatic carbocycles. The van der Waals surface area contributed by atoms with Crippen LogP contribution in [0.1, 0.15) is 41.9 Å². The highest BCUT2D eigenvalue weighted by Gasteiger charge is 2.30. The van der Waals surface area contributed by atoms with E-state index in [-0.39, 0.29) is 11.7 Å². The summed E-state index contributed by atoms with van der Waals surface area (Å²) >= 11 is 2.67. The van der Waals surface area contributed by atoms with Gasteiger partial charge in [0, 0.05) is 23.4 Å². The van der Waals surface area contributed by atoms with Crippen molar-refractivity contribution < 1.29 is 14.3 Å². The highest BCUT2D eigenvalue weighted by molar-refractivity contribution is 7.99. The van der Waals surface area contributed by atoms with E-state index in [1.165, 1.54) is 30.2 Å². The van der Waals surface area contributed by atoms with E-state index in [1.807, 2.05) is 35.7 Å². The first kappa shape index (κ1) is 20.6. The Bertz CT molecular complexity index is 1060. The maximum absolute atomic E-state index is 12.6. The van der Waals surface area contributed by atoms with Gasteiger partial charge in [0.15, 0.2) is 5.16 Å². The number of hydrogen-bond acceptors (Lipinski definition) is 7. The second kappa shape index (κ2) is 9.01. The van der Waals surface area contributed by atoms with Gasteiger partial charge >= 0.3 is 5.97 Å². The van der Waals surface area contributed by atoms with E-state index in [1.54, 1.807) is 0 Å². The Morgan fingerprint density at radius 3 is 2.70 bits per heavy atom. The van der Waals surface area contributed by atoms with Crippen LogP contribution in [0.3, 0.4) is 0 Å². The van der Waals surface area contributed by atoms with Crippen LogP contribution in [0.4, 0.5) is 5.00 Å². The van der Waals surface area contributed by atoms with Gasteiger partial charge in [0.25, 0.3) is 0 Å². The molecule has 0 radical (unpaired) electrons. The van der Waals surface area contributed by atoms with E-state index in [4.69, 9.17) is 4.74 Å². The van der Waals surface area contributed by atoms with Gasteiger partial charge in [-0.2, -0.15) is 0 Å². The zero-order chi connectivity index (χ0) is 21.1. The van der Waals surface area contributed by atoms with Gasteiger partial charge in [-0.3, -0.25) is 4.79 Å². The van der Waals surface area contributed by atoms with Gasteiger partial charge in [0.1, 0.15) is 16.4 Å². The fourth-order valence-electron chi connectivity index (χ4n) is 3.23. The van der Waals surface area contributed by atoms with E-state index in [0.29, 0.717) is 16.5 Å². The number of thioether (sulfide) groups is 1. The number of carbonyl (C=O) groups excluding carboxylic acids is 2. The van der Waals surface area contributed by atoms with Crippen molar-refractivity contribution in [3.8, 4) is 11.1 Å². The number of nitrogens with one attached hydrogen (secondary N) is 1. The number of anilines is 1. The molecule has 1 saturated carbocycles. The Balaban J connectivity index is 1.48. The average Bonchev–Trinajstić information content (AvgIpc) is 3.40. The third-order valence-electron chi connectivity index (χ3n) is 4.85. The molecule has 4 rings (SSSR count). The molecule has 2 aromatic heterocycles. The van der Waals surface area contributed by atoms with Crippen LogP contribution in [0.15, 0.2) is 40.9 Å². The summed E-state index contributed by atoms with van der Waals surface area (Å²) in [5.74, 6) is 1.02. The summed E-state index contributed by atoms with van der Waals surface area (Å²) in [5.41, 5.74) is 2.02. The third-order valence-corrected chi connectivity index (χ3v) is 6.72. The molecule has 0 bridgehead atoms. The summed E-state index contributed by atoms with van der Waals surface area (Å²) in [4.78, 5) is 25.0. The molecule has 0 aliphatic heterocycles. The predicted octanol–water partition coefficient (Wildman–Crippen LogP) is 4.42. The largest absolute Gasteiger partial charge is 0.465 e. The summed E-state index contributed by atoms with van der Waals surface area (Å²) < 4.78 is 7.04. The molecule has 0 atom stereocenters. The maximum atomic E-state index is 12.6. The van der Waals surface area contributed by atoms with E-state index < -0.39 is 5.97 Å². The number of ether oxygens (including phenoxy) is 1. The van der Waals surface area contributed by atoms with Crippen molar-refractivity contribution in [2.45, 2.75) is 37.4 Å². The number of rotatable bonds is 8. The zero-order valence-electron chi connectivity index (χ0n) is 16.8. The van der Waals surface area contributed by atoms with Crippen LogP contribution in [0.5, 0.6) is 0 Å². The predicted molar refractivity (Wildman–Crippen MR) is 118 cm³/mol. The summed E-state index contributed by atoms with van der Waals surface area (Å²) in [6.45, 7) is 2.83. The van der Waals surface area contributed by atoms with Crippen molar-refractivity contribution in [1.82, 2.24) is 14.8 Å². The lowest BCUT2D eigenvalue weighted by Crippen LogP contribution is -2.16. The minimum absolute atomic E-state index is 0.183. The molecule has 1 fully saturated rings. The first-order chi connectivity index (χ1) is 14.6. The number of benzene rings is 1. The SMILES string of the molecule is CCn1c(SCC(=O)Nc2scc(-c3ccccc3)c2C(=O)OC)nnc1C1CC1. The van der Waals surface area contributed by atoms with Gasteiger partial charge < -0.3 is 14.6 Å². The van der Waals surface area contributed by atoms with Crippen LogP contribution in [-0.4, -0.2) is 39.5 Å². The molecule has 2 heterocycles. The molecule has 1 aliphatic rings. The lowest BCUT2D eigenvalue weighted by Gasteiger charge is -2.08. The Morgan fingerprint density at radius 2 is 2.03 bits per heavy atom. The van der Waals surface area contributed by atoms with Gasteiger partial charge in [0.2, 0.25) is 5.91 Å². The number of amides is 1. The van der Waals surface area contributed by atoms with Crippen LogP contribution >= 0.6 is 23.1 Å². The number of methoxy groups -OCH3 is 1. The molecule has 0 spiro atoms. The maximum Gasteiger partial charge on any atom is 0.341 e. The number of thiophene rings is 1. The van der Waals surface area contributed by atoms with Crippen molar-refractivity contribution >= 4 is 40.0 Å². The van der Waals surface area contributed by atoms with E-state index >= 15 is 0 Å². The van der Waals surface area contributed by atoms with Crippen LogP contribution in [-0.2, 0) is 16.1 Å². The Kier molecular flexibility index (Phi) is 6.19.